The lowest BCUT2D eigenvalue weighted by Gasteiger charge is -2.17. The van der Waals surface area contributed by atoms with Crippen molar-refractivity contribution in [3.63, 3.8) is 0 Å². The van der Waals surface area contributed by atoms with Crippen LogP contribution >= 0.6 is 0 Å². The number of anilines is 1. The Morgan fingerprint density at radius 3 is 2.73 bits per heavy atom. The number of allylic oxidation sites excluding steroid dienone is 3. The van der Waals surface area contributed by atoms with Gasteiger partial charge in [0.2, 0.25) is 0 Å². The Kier molecular flexibility index (Phi) is 6.56. The normalized spacial score (nSPS) is 10.8. The van der Waals surface area contributed by atoms with Crippen LogP contribution in [0.1, 0.15) is 26.3 Å². The van der Waals surface area contributed by atoms with Gasteiger partial charge in [0.1, 0.15) is 0 Å². The van der Waals surface area contributed by atoms with E-state index < -0.39 is 0 Å². The Balaban J connectivity index is 2.98. The van der Waals surface area contributed by atoms with Gasteiger partial charge in [-0.3, -0.25) is 4.99 Å². The highest BCUT2D eigenvalue weighted by atomic mass is 15.1. The molecule has 0 aliphatic rings. The summed E-state index contributed by atoms with van der Waals surface area (Å²) >= 11 is 0. The zero-order chi connectivity index (χ0) is 16.5. The molecular formula is C18H20N4. The summed E-state index contributed by atoms with van der Waals surface area (Å²) in [4.78, 5) is 10.3. The largest absolute Gasteiger partial charge is 0.341 e. The molecule has 0 bridgehead atoms. The number of nitrogens with zero attached hydrogens (tertiary/aromatic N) is 4. The molecule has 0 saturated heterocycles. The first kappa shape index (κ1) is 17.2. The van der Waals surface area contributed by atoms with Gasteiger partial charge in [-0.15, -0.1) is 0 Å². The summed E-state index contributed by atoms with van der Waals surface area (Å²) in [6.45, 7) is 9.52. The van der Waals surface area contributed by atoms with E-state index in [0.29, 0.717) is 11.3 Å². The lowest BCUT2D eigenvalue weighted by Crippen LogP contribution is -2.14. The molecule has 0 amide bonds. The standard InChI is InChI=1S/C18H20N4/c1-6-10-20-15(3)16(4)21-13-14(2)22(5)18-9-7-8-17(11-18)12-19/h6-11H,4H2,1-3,5H3/b10-6-,20-15?. The van der Waals surface area contributed by atoms with Crippen molar-refractivity contribution in [3.05, 3.63) is 60.1 Å². The molecule has 1 rings (SSSR count). The highest BCUT2D eigenvalue weighted by molar-refractivity contribution is 5.98. The fraction of sp³-hybridized carbons (Fsp3) is 0.222. The lowest BCUT2D eigenvalue weighted by molar-refractivity contribution is 1.11. The molecule has 0 unspecified atom stereocenters. The summed E-state index contributed by atoms with van der Waals surface area (Å²) in [5.74, 6) is 2.96. The molecule has 1 aromatic rings. The van der Waals surface area contributed by atoms with Gasteiger partial charge < -0.3 is 4.90 Å². The number of hydrogen-bond acceptors (Lipinski definition) is 4. The van der Waals surface area contributed by atoms with E-state index >= 15 is 0 Å². The molecule has 0 aliphatic heterocycles. The number of benzene rings is 1. The summed E-state index contributed by atoms with van der Waals surface area (Å²) in [6.07, 6.45) is 3.55. The average molecular weight is 292 g/mol. The molecule has 4 heteroatoms. The van der Waals surface area contributed by atoms with Crippen molar-refractivity contribution < 1.29 is 0 Å². The Bertz CT molecular complexity index is 711. The number of hydrogen-bond donors (Lipinski definition) is 0. The highest BCUT2D eigenvalue weighted by Gasteiger charge is 2.03. The van der Waals surface area contributed by atoms with Gasteiger partial charge in [0, 0.05) is 24.8 Å². The monoisotopic (exact) mass is 292 g/mol. The predicted molar refractivity (Wildman–Crippen MR) is 93.2 cm³/mol. The molecule has 0 radical (unpaired) electrons. The second-order valence-corrected chi connectivity index (χ2v) is 4.67. The molecule has 0 spiro atoms. The fourth-order valence-electron chi connectivity index (χ4n) is 1.54. The third-order valence-corrected chi connectivity index (χ3v) is 3.05. The van der Waals surface area contributed by atoms with Crippen LogP contribution in [0, 0.1) is 11.3 Å². The van der Waals surface area contributed by atoms with E-state index in [9.17, 15) is 0 Å². The van der Waals surface area contributed by atoms with Crippen molar-refractivity contribution in [1.82, 2.24) is 0 Å². The van der Waals surface area contributed by atoms with Crippen LogP contribution < -0.4 is 4.90 Å². The van der Waals surface area contributed by atoms with Gasteiger partial charge in [-0.1, -0.05) is 18.7 Å². The number of aliphatic imine (C=N–C) groups is 2. The Morgan fingerprint density at radius 2 is 2.09 bits per heavy atom. The summed E-state index contributed by atoms with van der Waals surface area (Å²) < 4.78 is 0. The Hall–Kier alpha value is -2.89. The maximum Gasteiger partial charge on any atom is 0.0992 e. The average Bonchev–Trinajstić information content (AvgIpc) is 2.56. The summed E-state index contributed by atoms with van der Waals surface area (Å²) in [6, 6.07) is 9.50. The fourth-order valence-corrected chi connectivity index (χ4v) is 1.54. The van der Waals surface area contributed by atoms with E-state index in [1.54, 1.807) is 12.3 Å². The summed E-state index contributed by atoms with van der Waals surface area (Å²) in [5.41, 5.74) is 3.65. The van der Waals surface area contributed by atoms with Gasteiger partial charge in [-0.25, -0.2) is 4.99 Å². The third kappa shape index (κ3) is 4.90. The van der Waals surface area contributed by atoms with Crippen LogP contribution in [-0.2, 0) is 0 Å². The Morgan fingerprint density at radius 1 is 1.36 bits per heavy atom. The van der Waals surface area contributed by atoms with E-state index in [0.717, 1.165) is 17.1 Å². The quantitative estimate of drug-likeness (QED) is 0.768. The van der Waals surface area contributed by atoms with Gasteiger partial charge >= 0.3 is 0 Å². The van der Waals surface area contributed by atoms with Crippen LogP contribution in [0.5, 0.6) is 0 Å². The van der Waals surface area contributed by atoms with Gasteiger partial charge in [0.15, 0.2) is 0 Å². The van der Waals surface area contributed by atoms with Crippen molar-refractivity contribution in [2.24, 2.45) is 9.98 Å². The summed E-state index contributed by atoms with van der Waals surface area (Å²) in [7, 11) is 1.90. The van der Waals surface area contributed by atoms with Crippen molar-refractivity contribution in [2.75, 3.05) is 11.9 Å². The zero-order valence-corrected chi connectivity index (χ0v) is 13.5. The zero-order valence-electron chi connectivity index (χ0n) is 13.5. The van der Waals surface area contributed by atoms with Crippen molar-refractivity contribution in [3.8, 4) is 6.07 Å². The van der Waals surface area contributed by atoms with E-state index in [-0.39, 0.29) is 0 Å². The topological polar surface area (TPSA) is 51.8 Å². The van der Waals surface area contributed by atoms with E-state index in [1.165, 1.54) is 0 Å². The molecule has 0 heterocycles. The smallest absolute Gasteiger partial charge is 0.0992 e. The molecular weight excluding hydrogens is 272 g/mol. The van der Waals surface area contributed by atoms with Gasteiger partial charge in [0.05, 0.1) is 28.7 Å². The molecule has 0 aliphatic carbocycles. The minimum Gasteiger partial charge on any atom is -0.341 e. The third-order valence-electron chi connectivity index (χ3n) is 3.05. The first-order chi connectivity index (χ1) is 10.5. The molecule has 0 aromatic heterocycles. The van der Waals surface area contributed by atoms with E-state index in [1.807, 2.05) is 57.0 Å². The van der Waals surface area contributed by atoms with E-state index in [2.05, 4.69) is 28.5 Å². The van der Waals surface area contributed by atoms with Crippen LogP contribution in [0.15, 0.2) is 64.5 Å². The highest BCUT2D eigenvalue weighted by Crippen LogP contribution is 2.17. The summed E-state index contributed by atoms with van der Waals surface area (Å²) in [5, 5.41) is 8.95. The molecule has 0 fully saturated rings. The number of rotatable bonds is 5. The predicted octanol–water partition coefficient (Wildman–Crippen LogP) is 4.08. The molecule has 0 saturated carbocycles. The second-order valence-electron chi connectivity index (χ2n) is 4.67. The Labute approximate surface area is 132 Å². The van der Waals surface area contributed by atoms with Crippen molar-refractivity contribution in [2.45, 2.75) is 20.8 Å². The minimum atomic E-state index is 0.566. The van der Waals surface area contributed by atoms with Crippen LogP contribution in [0.3, 0.4) is 0 Å². The van der Waals surface area contributed by atoms with Crippen LogP contribution in [-0.4, -0.2) is 18.6 Å². The number of nitriles is 1. The lowest BCUT2D eigenvalue weighted by atomic mass is 10.2. The minimum absolute atomic E-state index is 0.566. The van der Waals surface area contributed by atoms with Gasteiger partial charge in [0.25, 0.3) is 0 Å². The molecule has 4 nitrogen and oxygen atoms in total. The van der Waals surface area contributed by atoms with Crippen LogP contribution in [0.4, 0.5) is 5.69 Å². The van der Waals surface area contributed by atoms with Gasteiger partial charge in [-0.05, 0) is 39.0 Å². The second kappa shape index (κ2) is 8.41. The maximum atomic E-state index is 8.95. The van der Waals surface area contributed by atoms with Gasteiger partial charge in [-0.2, -0.15) is 5.26 Å². The van der Waals surface area contributed by atoms with E-state index in [4.69, 9.17) is 5.26 Å². The first-order valence-electron chi connectivity index (χ1n) is 6.88. The van der Waals surface area contributed by atoms with Crippen LogP contribution in [0.25, 0.3) is 0 Å². The molecule has 0 atom stereocenters. The molecule has 112 valence electrons. The van der Waals surface area contributed by atoms with Crippen LogP contribution in [0.2, 0.25) is 0 Å². The molecule has 0 N–H and O–H groups in total. The van der Waals surface area contributed by atoms with Crippen molar-refractivity contribution >= 4 is 17.3 Å². The SMILES string of the molecule is C=C(N=C=C(C)N(C)c1cccc(C#N)c1)C(C)=N/C=C\C. The first-order valence-corrected chi connectivity index (χ1v) is 6.88. The maximum absolute atomic E-state index is 8.95. The van der Waals surface area contributed by atoms with Crippen molar-refractivity contribution in [1.29, 1.82) is 5.26 Å². The molecule has 1 aromatic carbocycles. The molecule has 22 heavy (non-hydrogen) atoms.